The monoisotopic (exact) mass is 371 g/mol. The molecule has 0 heterocycles. The summed E-state index contributed by atoms with van der Waals surface area (Å²) in [6.07, 6.45) is 0. The van der Waals surface area contributed by atoms with Gasteiger partial charge in [-0.15, -0.1) is 0 Å². The minimum Gasteiger partial charge on any atom is -0.490 e. The van der Waals surface area contributed by atoms with Gasteiger partial charge < -0.3 is 9.47 Å². The molecule has 0 fully saturated rings. The highest BCUT2D eigenvalue weighted by Crippen LogP contribution is 2.34. The lowest BCUT2D eigenvalue weighted by atomic mass is 10.2. The van der Waals surface area contributed by atoms with Gasteiger partial charge in [-0.25, -0.2) is 0 Å². The van der Waals surface area contributed by atoms with Crippen LogP contribution in [0, 0.1) is 10.1 Å². The number of ether oxygens (including phenoxy) is 2. The summed E-state index contributed by atoms with van der Waals surface area (Å²) in [5, 5.41) is 12.2. The SMILES string of the molecule is COc1ccc(Oc2ccc(CBr)c(Cl)c2)cc1[N+](=O)[O-]. The summed E-state index contributed by atoms with van der Waals surface area (Å²) in [4.78, 5) is 10.4. The summed E-state index contributed by atoms with van der Waals surface area (Å²) in [5.41, 5.74) is 0.780. The Morgan fingerprint density at radius 2 is 1.90 bits per heavy atom. The largest absolute Gasteiger partial charge is 0.490 e. The summed E-state index contributed by atoms with van der Waals surface area (Å²) in [7, 11) is 1.38. The average molecular weight is 373 g/mol. The highest BCUT2D eigenvalue weighted by molar-refractivity contribution is 9.08. The first-order valence-electron chi connectivity index (χ1n) is 5.90. The maximum absolute atomic E-state index is 11.0. The zero-order valence-corrected chi connectivity index (χ0v) is 13.3. The first-order chi connectivity index (χ1) is 10.0. The molecule has 0 aliphatic rings. The van der Waals surface area contributed by atoms with Crippen LogP contribution in [-0.4, -0.2) is 12.0 Å². The van der Waals surface area contributed by atoms with Crippen LogP contribution in [0.25, 0.3) is 0 Å². The van der Waals surface area contributed by atoms with Crippen LogP contribution in [0.15, 0.2) is 36.4 Å². The number of hydrogen-bond donors (Lipinski definition) is 0. The lowest BCUT2D eigenvalue weighted by molar-refractivity contribution is -0.385. The van der Waals surface area contributed by atoms with E-state index in [0.29, 0.717) is 21.9 Å². The van der Waals surface area contributed by atoms with E-state index >= 15 is 0 Å². The van der Waals surface area contributed by atoms with E-state index in [9.17, 15) is 10.1 Å². The number of nitro benzene ring substituents is 1. The van der Waals surface area contributed by atoms with Crippen molar-refractivity contribution in [3.05, 3.63) is 57.1 Å². The van der Waals surface area contributed by atoms with Gasteiger partial charge in [0.2, 0.25) is 0 Å². The predicted octanol–water partition coefficient (Wildman–Crippen LogP) is 4.94. The molecule has 2 aromatic rings. The standard InChI is InChI=1S/C14H11BrClNO4/c1-20-14-5-4-11(7-13(14)17(18)19)21-10-3-2-9(8-15)12(16)6-10/h2-7H,8H2,1H3. The van der Waals surface area contributed by atoms with E-state index in [1.807, 2.05) is 6.07 Å². The van der Waals surface area contributed by atoms with Crippen molar-refractivity contribution in [2.45, 2.75) is 5.33 Å². The van der Waals surface area contributed by atoms with E-state index in [1.165, 1.54) is 19.2 Å². The third kappa shape index (κ3) is 3.65. The molecule has 0 atom stereocenters. The third-order valence-electron chi connectivity index (χ3n) is 2.75. The number of alkyl halides is 1. The lowest BCUT2D eigenvalue weighted by Crippen LogP contribution is -1.94. The summed E-state index contributed by atoms with van der Waals surface area (Å²) >= 11 is 9.41. The van der Waals surface area contributed by atoms with Crippen molar-refractivity contribution in [1.82, 2.24) is 0 Å². The molecule has 0 amide bonds. The predicted molar refractivity (Wildman–Crippen MR) is 83.8 cm³/mol. The molecule has 0 saturated heterocycles. The molecule has 0 N–H and O–H groups in total. The Labute approximate surface area is 134 Å². The van der Waals surface area contributed by atoms with Gasteiger partial charge in [0.1, 0.15) is 11.5 Å². The molecule has 0 unspecified atom stereocenters. The number of nitrogens with zero attached hydrogens (tertiary/aromatic N) is 1. The molecular weight excluding hydrogens is 362 g/mol. The van der Waals surface area contributed by atoms with Crippen molar-refractivity contribution in [2.24, 2.45) is 0 Å². The minimum absolute atomic E-state index is 0.154. The molecule has 0 spiro atoms. The number of rotatable bonds is 5. The summed E-state index contributed by atoms with van der Waals surface area (Å²) in [6.45, 7) is 0. The van der Waals surface area contributed by atoms with Crippen molar-refractivity contribution < 1.29 is 14.4 Å². The van der Waals surface area contributed by atoms with E-state index in [-0.39, 0.29) is 11.4 Å². The van der Waals surface area contributed by atoms with Crippen LogP contribution >= 0.6 is 27.5 Å². The molecule has 110 valence electrons. The molecule has 21 heavy (non-hydrogen) atoms. The van der Waals surface area contributed by atoms with Crippen molar-refractivity contribution >= 4 is 33.2 Å². The fourth-order valence-electron chi connectivity index (χ4n) is 1.71. The molecule has 0 aromatic heterocycles. The minimum atomic E-state index is -0.521. The second-order valence-electron chi connectivity index (χ2n) is 4.08. The zero-order chi connectivity index (χ0) is 15.4. The fraction of sp³-hybridized carbons (Fsp3) is 0.143. The zero-order valence-electron chi connectivity index (χ0n) is 11.0. The van der Waals surface area contributed by atoms with E-state index < -0.39 is 4.92 Å². The Morgan fingerprint density at radius 1 is 1.24 bits per heavy atom. The first-order valence-corrected chi connectivity index (χ1v) is 7.39. The summed E-state index contributed by atoms with van der Waals surface area (Å²) < 4.78 is 10.5. The molecule has 2 aromatic carbocycles. The number of nitro groups is 1. The number of halogens is 2. The van der Waals surface area contributed by atoms with Gasteiger partial charge >= 0.3 is 5.69 Å². The normalized spacial score (nSPS) is 10.2. The van der Waals surface area contributed by atoms with Crippen LogP contribution in [0.2, 0.25) is 5.02 Å². The van der Waals surface area contributed by atoms with Gasteiger partial charge in [0.25, 0.3) is 0 Å². The van der Waals surface area contributed by atoms with Gasteiger partial charge in [0, 0.05) is 10.4 Å². The van der Waals surface area contributed by atoms with Crippen LogP contribution in [-0.2, 0) is 5.33 Å². The molecule has 0 bridgehead atoms. The van der Waals surface area contributed by atoms with Crippen LogP contribution in [0.3, 0.4) is 0 Å². The van der Waals surface area contributed by atoms with Gasteiger partial charge in [0.15, 0.2) is 5.75 Å². The van der Waals surface area contributed by atoms with Gasteiger partial charge in [0.05, 0.1) is 18.1 Å². The molecule has 5 nitrogen and oxygen atoms in total. The van der Waals surface area contributed by atoms with Crippen LogP contribution in [0.1, 0.15) is 5.56 Å². The van der Waals surface area contributed by atoms with E-state index in [0.717, 1.165) is 5.56 Å². The van der Waals surface area contributed by atoms with Crippen LogP contribution < -0.4 is 9.47 Å². The second kappa shape index (κ2) is 6.78. The highest BCUT2D eigenvalue weighted by atomic mass is 79.9. The maximum Gasteiger partial charge on any atom is 0.314 e. The van der Waals surface area contributed by atoms with Crippen molar-refractivity contribution in [1.29, 1.82) is 0 Å². The number of hydrogen-bond acceptors (Lipinski definition) is 4. The van der Waals surface area contributed by atoms with E-state index in [4.69, 9.17) is 21.1 Å². The Bertz CT molecular complexity index is 678. The van der Waals surface area contributed by atoms with Crippen molar-refractivity contribution in [3.63, 3.8) is 0 Å². The Kier molecular flexibility index (Phi) is 5.03. The topological polar surface area (TPSA) is 61.6 Å². The van der Waals surface area contributed by atoms with Gasteiger partial charge in [-0.05, 0) is 29.8 Å². The first kappa shape index (κ1) is 15.6. The Morgan fingerprint density at radius 3 is 2.48 bits per heavy atom. The molecule has 7 heteroatoms. The Balaban J connectivity index is 2.29. The average Bonchev–Trinajstić information content (AvgIpc) is 2.47. The molecule has 0 aliphatic heterocycles. The maximum atomic E-state index is 11.0. The van der Waals surface area contributed by atoms with Gasteiger partial charge in [-0.1, -0.05) is 33.6 Å². The highest BCUT2D eigenvalue weighted by Gasteiger charge is 2.16. The lowest BCUT2D eigenvalue weighted by Gasteiger charge is -2.09. The number of methoxy groups -OCH3 is 1. The molecule has 2 rings (SSSR count). The van der Waals surface area contributed by atoms with Gasteiger partial charge in [-0.3, -0.25) is 10.1 Å². The quantitative estimate of drug-likeness (QED) is 0.423. The van der Waals surface area contributed by atoms with Crippen LogP contribution in [0.4, 0.5) is 5.69 Å². The summed E-state index contributed by atoms with van der Waals surface area (Å²) in [6, 6.07) is 9.63. The van der Waals surface area contributed by atoms with E-state index in [2.05, 4.69) is 15.9 Å². The molecule has 0 saturated carbocycles. The van der Waals surface area contributed by atoms with Gasteiger partial charge in [-0.2, -0.15) is 0 Å². The van der Waals surface area contributed by atoms with Crippen LogP contribution in [0.5, 0.6) is 17.2 Å². The number of benzene rings is 2. The Hall–Kier alpha value is -1.79. The van der Waals surface area contributed by atoms with Crippen molar-refractivity contribution in [2.75, 3.05) is 7.11 Å². The van der Waals surface area contributed by atoms with E-state index in [1.54, 1.807) is 18.2 Å². The fourth-order valence-corrected chi connectivity index (χ4v) is 2.60. The third-order valence-corrected chi connectivity index (χ3v) is 3.71. The summed E-state index contributed by atoms with van der Waals surface area (Å²) in [5.74, 6) is 1.02. The smallest absolute Gasteiger partial charge is 0.314 e. The van der Waals surface area contributed by atoms with Crippen molar-refractivity contribution in [3.8, 4) is 17.2 Å². The second-order valence-corrected chi connectivity index (χ2v) is 5.05. The molecular formula is C14H11BrClNO4. The molecule has 0 aliphatic carbocycles. The molecule has 0 radical (unpaired) electrons.